The molecule has 1 saturated heterocycles. The topological polar surface area (TPSA) is 54.5 Å². The molecule has 5 nitrogen and oxygen atoms in total. The van der Waals surface area contributed by atoms with Crippen molar-refractivity contribution in [1.82, 2.24) is 15.2 Å². The fourth-order valence-electron chi connectivity index (χ4n) is 2.76. The maximum Gasteiger partial charge on any atom is 0.407 e. The minimum Gasteiger partial charge on any atom is -0.444 e. The van der Waals surface area contributed by atoms with E-state index >= 15 is 0 Å². The van der Waals surface area contributed by atoms with Gasteiger partial charge in [0.15, 0.2) is 0 Å². The number of hydrogen-bond acceptors (Lipinski definition) is 4. The van der Waals surface area contributed by atoms with E-state index in [0.717, 1.165) is 31.6 Å². The Kier molecular flexibility index (Phi) is 5.40. The molecule has 1 aromatic rings. The van der Waals surface area contributed by atoms with Crippen LogP contribution in [0.15, 0.2) is 24.4 Å². The Labute approximate surface area is 133 Å². The quantitative estimate of drug-likeness (QED) is 0.932. The summed E-state index contributed by atoms with van der Waals surface area (Å²) in [6, 6.07) is 6.38. The van der Waals surface area contributed by atoms with E-state index in [9.17, 15) is 4.79 Å². The molecule has 1 fully saturated rings. The number of alkyl carbamates (subject to hydrolysis) is 1. The molecule has 122 valence electrons. The van der Waals surface area contributed by atoms with Crippen molar-refractivity contribution in [1.29, 1.82) is 0 Å². The largest absolute Gasteiger partial charge is 0.444 e. The number of pyridine rings is 1. The van der Waals surface area contributed by atoms with Gasteiger partial charge in [0.1, 0.15) is 5.60 Å². The van der Waals surface area contributed by atoms with Crippen LogP contribution >= 0.6 is 0 Å². The molecule has 0 spiro atoms. The van der Waals surface area contributed by atoms with E-state index in [4.69, 9.17) is 4.74 Å². The number of rotatable bonds is 3. The Balaban J connectivity index is 1.90. The van der Waals surface area contributed by atoms with Crippen LogP contribution in [-0.2, 0) is 4.74 Å². The standard InChI is InChI=1S/C17H27N3O2/c1-13(15-9-5-6-10-18-15)20-11-7-8-14(12-20)19-16(21)22-17(2,3)4/h5-6,9-10,13-14H,7-8,11-12H2,1-4H3,(H,19,21). The minimum absolute atomic E-state index is 0.134. The van der Waals surface area contributed by atoms with Gasteiger partial charge in [-0.3, -0.25) is 9.88 Å². The lowest BCUT2D eigenvalue weighted by Gasteiger charge is -2.37. The molecule has 2 heterocycles. The summed E-state index contributed by atoms with van der Waals surface area (Å²) in [5.41, 5.74) is 0.611. The highest BCUT2D eigenvalue weighted by Crippen LogP contribution is 2.22. The van der Waals surface area contributed by atoms with Gasteiger partial charge in [0.25, 0.3) is 0 Å². The van der Waals surface area contributed by atoms with E-state index < -0.39 is 5.60 Å². The second-order valence-corrected chi connectivity index (χ2v) is 6.91. The summed E-state index contributed by atoms with van der Waals surface area (Å²) in [6.45, 7) is 9.66. The number of hydrogen-bond donors (Lipinski definition) is 1. The molecule has 2 unspecified atom stereocenters. The lowest BCUT2D eigenvalue weighted by molar-refractivity contribution is 0.0457. The van der Waals surface area contributed by atoms with Crippen LogP contribution in [0, 0.1) is 0 Å². The van der Waals surface area contributed by atoms with Crippen molar-refractivity contribution in [3.8, 4) is 0 Å². The van der Waals surface area contributed by atoms with Gasteiger partial charge in [0, 0.05) is 24.8 Å². The van der Waals surface area contributed by atoms with E-state index in [2.05, 4.69) is 28.2 Å². The van der Waals surface area contributed by atoms with E-state index in [1.807, 2.05) is 39.1 Å². The first-order chi connectivity index (χ1) is 10.3. The normalized spacial score (nSPS) is 21.2. The molecule has 5 heteroatoms. The lowest BCUT2D eigenvalue weighted by Crippen LogP contribution is -2.49. The molecular weight excluding hydrogens is 278 g/mol. The highest BCUT2D eigenvalue weighted by atomic mass is 16.6. The molecule has 0 aromatic carbocycles. The van der Waals surface area contributed by atoms with E-state index in [1.54, 1.807) is 0 Å². The van der Waals surface area contributed by atoms with Crippen LogP contribution in [0.25, 0.3) is 0 Å². The molecular formula is C17H27N3O2. The fraction of sp³-hybridized carbons (Fsp3) is 0.647. The smallest absolute Gasteiger partial charge is 0.407 e. The zero-order chi connectivity index (χ0) is 16.2. The third-order valence-corrected chi connectivity index (χ3v) is 3.84. The summed E-state index contributed by atoms with van der Waals surface area (Å²) in [4.78, 5) is 18.7. The molecule has 1 amide bonds. The first kappa shape index (κ1) is 16.7. The average molecular weight is 305 g/mol. The monoisotopic (exact) mass is 305 g/mol. The molecule has 0 saturated carbocycles. The number of aromatic nitrogens is 1. The first-order valence-corrected chi connectivity index (χ1v) is 7.99. The van der Waals surface area contributed by atoms with E-state index in [-0.39, 0.29) is 18.2 Å². The van der Waals surface area contributed by atoms with Gasteiger partial charge < -0.3 is 10.1 Å². The Bertz CT molecular complexity index is 484. The molecule has 1 aliphatic rings. The number of nitrogens with zero attached hydrogens (tertiary/aromatic N) is 2. The maximum absolute atomic E-state index is 11.9. The summed E-state index contributed by atoms with van der Waals surface area (Å²) in [7, 11) is 0. The first-order valence-electron chi connectivity index (χ1n) is 7.99. The number of likely N-dealkylation sites (tertiary alicyclic amines) is 1. The summed E-state index contributed by atoms with van der Waals surface area (Å²) in [5, 5.41) is 2.99. The van der Waals surface area contributed by atoms with Crippen molar-refractivity contribution in [3.63, 3.8) is 0 Å². The third-order valence-electron chi connectivity index (χ3n) is 3.84. The van der Waals surface area contributed by atoms with Gasteiger partial charge in [-0.15, -0.1) is 0 Å². The number of carbonyl (C=O) groups excluding carboxylic acids is 1. The van der Waals surface area contributed by atoms with E-state index in [1.165, 1.54) is 0 Å². The number of carbonyl (C=O) groups is 1. The fourth-order valence-corrected chi connectivity index (χ4v) is 2.76. The number of amides is 1. The van der Waals surface area contributed by atoms with Crippen molar-refractivity contribution in [2.24, 2.45) is 0 Å². The number of nitrogens with one attached hydrogen (secondary N) is 1. The highest BCUT2D eigenvalue weighted by molar-refractivity contribution is 5.68. The van der Waals surface area contributed by atoms with Crippen molar-refractivity contribution < 1.29 is 9.53 Å². The molecule has 1 aromatic heterocycles. The predicted octanol–water partition coefficient (Wildman–Crippen LogP) is 3.13. The summed E-state index contributed by atoms with van der Waals surface area (Å²) >= 11 is 0. The van der Waals surface area contributed by atoms with Crippen LogP contribution in [0.1, 0.15) is 52.3 Å². The van der Waals surface area contributed by atoms with Gasteiger partial charge in [-0.1, -0.05) is 6.07 Å². The summed E-state index contributed by atoms with van der Waals surface area (Å²) in [5.74, 6) is 0. The van der Waals surface area contributed by atoms with Gasteiger partial charge in [-0.25, -0.2) is 4.79 Å². The predicted molar refractivity (Wildman–Crippen MR) is 86.6 cm³/mol. The molecule has 2 rings (SSSR count). The van der Waals surface area contributed by atoms with Gasteiger partial charge in [-0.2, -0.15) is 0 Å². The maximum atomic E-state index is 11.9. The van der Waals surface area contributed by atoms with Crippen LogP contribution < -0.4 is 5.32 Å². The Morgan fingerprint density at radius 3 is 2.86 bits per heavy atom. The van der Waals surface area contributed by atoms with Crippen molar-refractivity contribution in [3.05, 3.63) is 30.1 Å². The second-order valence-electron chi connectivity index (χ2n) is 6.91. The van der Waals surface area contributed by atoms with Crippen LogP contribution in [-0.4, -0.2) is 40.7 Å². The Morgan fingerprint density at radius 2 is 2.23 bits per heavy atom. The van der Waals surface area contributed by atoms with Gasteiger partial charge in [-0.05, 0) is 59.2 Å². The number of piperidine rings is 1. The van der Waals surface area contributed by atoms with Gasteiger partial charge in [0.05, 0.1) is 5.69 Å². The van der Waals surface area contributed by atoms with Gasteiger partial charge >= 0.3 is 6.09 Å². The van der Waals surface area contributed by atoms with Crippen LogP contribution in [0.2, 0.25) is 0 Å². The highest BCUT2D eigenvalue weighted by Gasteiger charge is 2.27. The van der Waals surface area contributed by atoms with Crippen LogP contribution in [0.5, 0.6) is 0 Å². The summed E-state index contributed by atoms with van der Waals surface area (Å²) < 4.78 is 5.34. The van der Waals surface area contributed by atoms with Crippen LogP contribution in [0.4, 0.5) is 4.79 Å². The molecule has 0 radical (unpaired) electrons. The minimum atomic E-state index is -0.459. The Morgan fingerprint density at radius 1 is 1.45 bits per heavy atom. The van der Waals surface area contributed by atoms with E-state index in [0.29, 0.717) is 0 Å². The molecule has 0 bridgehead atoms. The molecule has 22 heavy (non-hydrogen) atoms. The average Bonchev–Trinajstić information content (AvgIpc) is 2.45. The zero-order valence-electron chi connectivity index (χ0n) is 14.0. The van der Waals surface area contributed by atoms with Crippen molar-refractivity contribution >= 4 is 6.09 Å². The zero-order valence-corrected chi connectivity index (χ0v) is 14.0. The van der Waals surface area contributed by atoms with Gasteiger partial charge in [0.2, 0.25) is 0 Å². The SMILES string of the molecule is CC(c1ccccn1)N1CCCC(NC(=O)OC(C)(C)C)C1. The lowest BCUT2D eigenvalue weighted by atomic mass is 10.0. The molecule has 2 atom stereocenters. The Hall–Kier alpha value is -1.62. The molecule has 0 aliphatic carbocycles. The molecule has 1 N–H and O–H groups in total. The third kappa shape index (κ3) is 4.98. The number of ether oxygens (including phenoxy) is 1. The summed E-state index contributed by atoms with van der Waals surface area (Å²) in [6.07, 6.45) is 3.55. The van der Waals surface area contributed by atoms with Crippen molar-refractivity contribution in [2.45, 2.75) is 58.2 Å². The second kappa shape index (κ2) is 7.09. The van der Waals surface area contributed by atoms with Crippen LogP contribution in [0.3, 0.4) is 0 Å². The van der Waals surface area contributed by atoms with Crippen molar-refractivity contribution in [2.75, 3.05) is 13.1 Å². The molecule has 1 aliphatic heterocycles.